The fourth-order valence-corrected chi connectivity index (χ4v) is 6.58. The van der Waals surface area contributed by atoms with Gasteiger partial charge in [-0.2, -0.15) is 0 Å². The van der Waals surface area contributed by atoms with Crippen LogP contribution in [-0.4, -0.2) is 54.6 Å². The molecule has 0 aromatic heterocycles. The van der Waals surface area contributed by atoms with Gasteiger partial charge in [0.25, 0.3) is 0 Å². The minimum atomic E-state index is -0.833. The molecule has 0 unspecified atom stereocenters. The van der Waals surface area contributed by atoms with Crippen molar-refractivity contribution in [1.82, 2.24) is 5.32 Å². The topological polar surface area (TPSA) is 218 Å². The summed E-state index contributed by atoms with van der Waals surface area (Å²) in [5.41, 5.74) is 34.1. The number of nitrogens with two attached hydrogens (primary N) is 5. The lowest BCUT2D eigenvalue weighted by atomic mass is 9.90. The molecule has 0 aliphatic carbocycles. The van der Waals surface area contributed by atoms with Crippen LogP contribution in [-0.2, 0) is 27.2 Å². The predicted molar refractivity (Wildman–Crippen MR) is 228 cm³/mol. The number of halogens is 2. The molecule has 4 rings (SSSR count). The molecular formula is C43H52Cl2N8O3. The van der Waals surface area contributed by atoms with Crippen LogP contribution < -0.4 is 34.0 Å². The average molecular weight is 800 g/mol. The lowest BCUT2D eigenvalue weighted by Gasteiger charge is -2.23. The number of Topliss-reactive ketones (excluding diaryl/α,β-unsaturated/α-hetero) is 2. The second-order valence-corrected chi connectivity index (χ2v) is 14.8. The second-order valence-electron chi connectivity index (χ2n) is 13.9. The fraction of sp³-hybridized carbons (Fsp3) is 0.326. The van der Waals surface area contributed by atoms with E-state index < -0.39 is 23.9 Å². The third kappa shape index (κ3) is 14.8. The number of hydrogen-bond donors (Lipinski definition) is 6. The van der Waals surface area contributed by atoms with Gasteiger partial charge in [0.1, 0.15) is 0 Å². The van der Waals surface area contributed by atoms with Crippen LogP contribution in [0.3, 0.4) is 0 Å². The number of nitrogens with one attached hydrogen (secondary N) is 1. The molecule has 4 aromatic rings. The molecule has 56 heavy (non-hydrogen) atoms. The molecule has 0 fully saturated rings. The maximum atomic E-state index is 14.0. The highest BCUT2D eigenvalue weighted by molar-refractivity contribution is 6.30. The Labute approximate surface area is 339 Å². The molecule has 0 spiro atoms. The van der Waals surface area contributed by atoms with E-state index >= 15 is 0 Å². The number of unbranched alkanes of at least 4 members (excludes halogenated alkanes) is 2. The van der Waals surface area contributed by atoms with Crippen molar-refractivity contribution in [2.24, 2.45) is 44.6 Å². The Morgan fingerprint density at radius 3 is 1.50 bits per heavy atom. The number of carbonyl (C=O) groups is 3. The largest absolute Gasteiger partial charge is 0.370 e. The molecule has 11 N–H and O–H groups in total. The van der Waals surface area contributed by atoms with Gasteiger partial charge in [-0.1, -0.05) is 102 Å². The van der Waals surface area contributed by atoms with Gasteiger partial charge in [0.15, 0.2) is 23.5 Å². The van der Waals surface area contributed by atoms with E-state index in [-0.39, 0.29) is 49.3 Å². The molecule has 0 aliphatic rings. The Morgan fingerprint density at radius 1 is 0.571 bits per heavy atom. The van der Waals surface area contributed by atoms with Gasteiger partial charge in [-0.15, -0.1) is 0 Å². The van der Waals surface area contributed by atoms with Crippen molar-refractivity contribution >= 4 is 52.6 Å². The Morgan fingerprint density at radius 2 is 1.02 bits per heavy atom. The van der Waals surface area contributed by atoms with E-state index in [0.717, 1.165) is 46.2 Å². The summed E-state index contributed by atoms with van der Waals surface area (Å²) >= 11 is 12.1. The Bertz CT molecular complexity index is 1930. The summed E-state index contributed by atoms with van der Waals surface area (Å²) < 4.78 is 0. The molecule has 296 valence electrons. The predicted octanol–water partition coefficient (Wildman–Crippen LogP) is 5.96. The molecule has 3 atom stereocenters. The Kier molecular flexibility index (Phi) is 17.4. The van der Waals surface area contributed by atoms with Crippen molar-refractivity contribution in [3.05, 3.63) is 118 Å². The van der Waals surface area contributed by atoms with Crippen LogP contribution in [0.25, 0.3) is 22.3 Å². The number of amides is 1. The third-order valence-electron chi connectivity index (χ3n) is 9.48. The zero-order chi connectivity index (χ0) is 40.5. The summed E-state index contributed by atoms with van der Waals surface area (Å²) in [6.07, 6.45) is 3.58. The highest BCUT2D eigenvalue weighted by atomic mass is 35.5. The minimum Gasteiger partial charge on any atom is -0.370 e. The van der Waals surface area contributed by atoms with Crippen molar-refractivity contribution in [3.63, 3.8) is 0 Å². The lowest BCUT2D eigenvalue weighted by Crippen LogP contribution is -2.46. The highest BCUT2D eigenvalue weighted by Gasteiger charge is 2.29. The molecule has 0 saturated carbocycles. The van der Waals surface area contributed by atoms with E-state index in [9.17, 15) is 14.4 Å². The van der Waals surface area contributed by atoms with E-state index in [2.05, 4.69) is 15.3 Å². The Hall–Kier alpha value is -5.23. The molecule has 13 heteroatoms. The molecule has 1 amide bonds. The van der Waals surface area contributed by atoms with Gasteiger partial charge in [0.2, 0.25) is 5.91 Å². The quantitative estimate of drug-likeness (QED) is 0.0316. The highest BCUT2D eigenvalue weighted by Crippen LogP contribution is 2.25. The zero-order valence-electron chi connectivity index (χ0n) is 31.5. The minimum absolute atomic E-state index is 0.0297. The lowest BCUT2D eigenvalue weighted by molar-refractivity contribution is -0.133. The maximum absolute atomic E-state index is 14.0. The van der Waals surface area contributed by atoms with Gasteiger partial charge in [-0.3, -0.25) is 24.4 Å². The van der Waals surface area contributed by atoms with Gasteiger partial charge in [-0.05, 0) is 96.2 Å². The first-order valence-corrected chi connectivity index (χ1v) is 19.6. The van der Waals surface area contributed by atoms with E-state index in [1.807, 2.05) is 97.1 Å². The number of rotatable bonds is 22. The summed E-state index contributed by atoms with van der Waals surface area (Å²) in [7, 11) is 0. The van der Waals surface area contributed by atoms with Crippen LogP contribution in [0.15, 0.2) is 107 Å². The number of ketones is 2. The van der Waals surface area contributed by atoms with Crippen molar-refractivity contribution in [2.45, 2.75) is 69.9 Å². The molecule has 0 saturated heterocycles. The molecule has 11 nitrogen and oxygen atoms in total. The summed E-state index contributed by atoms with van der Waals surface area (Å²) in [6.45, 7) is 0.761. The van der Waals surface area contributed by atoms with Gasteiger partial charge in [-0.25, -0.2) is 0 Å². The van der Waals surface area contributed by atoms with Crippen molar-refractivity contribution in [2.75, 3.05) is 13.1 Å². The normalized spacial score (nSPS) is 12.6. The van der Waals surface area contributed by atoms with Crippen LogP contribution in [0.2, 0.25) is 10.0 Å². The smallest absolute Gasteiger partial charge is 0.224 e. The number of aliphatic imine (C=N–C) groups is 2. The molecular weight excluding hydrogens is 747 g/mol. The fourth-order valence-electron chi connectivity index (χ4n) is 6.33. The van der Waals surface area contributed by atoms with E-state index in [0.29, 0.717) is 42.3 Å². The van der Waals surface area contributed by atoms with E-state index in [1.54, 1.807) is 0 Å². The summed E-state index contributed by atoms with van der Waals surface area (Å²) in [5.74, 6) is -1.54. The van der Waals surface area contributed by atoms with Crippen LogP contribution in [0.5, 0.6) is 0 Å². The van der Waals surface area contributed by atoms with Gasteiger partial charge < -0.3 is 34.0 Å². The standard InChI is InChI=1S/C43H52Cl2N8O3/c44-35-19-15-32(16-20-35)30-11-7-28(8-12-30)25-37(46)40(55)27-34(5-4-24-52-43(49)50)41(56)53-38(39(54)6-2-1-3-23-51-42(47)48)26-29-9-13-31(14-10-29)33-17-21-36(45)22-18-33/h7-22,34,37-38H,1-6,23-27,46H2,(H,53,56)(H4,47,48,51)(H4,49,50,52)/t34-,37+,38+/m1/s1. The molecule has 0 aliphatic heterocycles. The molecule has 4 aromatic carbocycles. The van der Waals surface area contributed by atoms with Crippen molar-refractivity contribution < 1.29 is 14.4 Å². The van der Waals surface area contributed by atoms with Crippen molar-refractivity contribution in [3.8, 4) is 22.3 Å². The summed E-state index contributed by atoms with van der Waals surface area (Å²) in [4.78, 5) is 49.4. The van der Waals surface area contributed by atoms with Crippen molar-refractivity contribution in [1.29, 1.82) is 0 Å². The van der Waals surface area contributed by atoms with Gasteiger partial charge >= 0.3 is 0 Å². The summed E-state index contributed by atoms with van der Waals surface area (Å²) in [5, 5.41) is 4.32. The van der Waals surface area contributed by atoms with Crippen LogP contribution in [0.4, 0.5) is 0 Å². The van der Waals surface area contributed by atoms with Gasteiger partial charge in [0, 0.05) is 41.9 Å². The monoisotopic (exact) mass is 798 g/mol. The third-order valence-corrected chi connectivity index (χ3v) is 9.98. The number of hydrogen-bond acceptors (Lipinski definition) is 6. The number of guanidine groups is 2. The van der Waals surface area contributed by atoms with E-state index in [1.165, 1.54) is 0 Å². The van der Waals surface area contributed by atoms with Crippen LogP contribution in [0, 0.1) is 5.92 Å². The number of benzene rings is 4. The first kappa shape index (κ1) is 43.5. The van der Waals surface area contributed by atoms with Gasteiger partial charge in [0.05, 0.1) is 12.1 Å². The first-order chi connectivity index (χ1) is 26.9. The van der Waals surface area contributed by atoms with Crippen LogP contribution in [0.1, 0.15) is 56.1 Å². The maximum Gasteiger partial charge on any atom is 0.224 e. The molecule has 0 radical (unpaired) electrons. The average Bonchev–Trinajstić information content (AvgIpc) is 3.18. The first-order valence-electron chi connectivity index (χ1n) is 18.8. The SMILES string of the molecule is NC(N)=NCCCCCC(=O)[C@H](Cc1ccc(-c2ccc(Cl)cc2)cc1)NC(=O)[C@H](CCCN=C(N)N)CC(=O)[C@@H](N)Cc1ccc(-c2ccc(Cl)cc2)cc1. The zero-order valence-corrected chi connectivity index (χ0v) is 33.0. The van der Waals surface area contributed by atoms with E-state index in [4.69, 9.17) is 51.9 Å². The second kappa shape index (κ2) is 22.4. The van der Waals surface area contributed by atoms with Crippen LogP contribution >= 0.6 is 23.2 Å². The Balaban J connectivity index is 1.46. The number of nitrogens with zero attached hydrogens (tertiary/aromatic N) is 2. The number of carbonyl (C=O) groups excluding carboxylic acids is 3. The summed E-state index contributed by atoms with van der Waals surface area (Å²) in [6, 6.07) is 29.1. The molecule has 0 bridgehead atoms. The molecule has 0 heterocycles.